The van der Waals surface area contributed by atoms with E-state index in [-0.39, 0.29) is 0 Å². The highest BCUT2D eigenvalue weighted by Crippen LogP contribution is 2.49. The smallest absolute Gasteiger partial charge is 0.0801 e. The molecule has 3 heteroatoms. The van der Waals surface area contributed by atoms with Crippen LogP contribution in [0.3, 0.4) is 0 Å². The van der Waals surface area contributed by atoms with Gasteiger partial charge in [0, 0.05) is 21.2 Å². The first kappa shape index (κ1) is 22.9. The molecule has 170 valence electrons. The van der Waals surface area contributed by atoms with Crippen LogP contribution >= 0.6 is 23.5 Å². The van der Waals surface area contributed by atoms with Gasteiger partial charge in [-0.3, -0.25) is 0 Å². The first-order valence-electron chi connectivity index (χ1n) is 11.9. The molecule has 5 rings (SSSR count). The SMILES string of the molecule is C=C(/C=C/C=C1\Sc2c(ccc3ccccc23)N1CCCC)Sc1c(C)ccc2ccccc12. The number of fused-ring (bicyclic) bond motifs is 4. The zero-order chi connectivity index (χ0) is 23.5. The summed E-state index contributed by atoms with van der Waals surface area (Å²) in [6.45, 7) is 9.81. The van der Waals surface area contributed by atoms with Gasteiger partial charge < -0.3 is 4.90 Å². The van der Waals surface area contributed by atoms with Gasteiger partial charge in [-0.05, 0) is 58.7 Å². The summed E-state index contributed by atoms with van der Waals surface area (Å²) in [6.07, 6.45) is 8.91. The largest absolute Gasteiger partial charge is 0.335 e. The standard InChI is InChI=1S/C31H29NS2/c1-4-5-21-32-28-20-19-25-13-7-9-15-27(25)31(28)34-29(32)16-10-11-23(3)33-30-22(2)17-18-24-12-6-8-14-26(24)30/h6-20H,3-5,21H2,1-2H3/b11-10+,29-16-. The summed E-state index contributed by atoms with van der Waals surface area (Å²) in [5.74, 6) is 0. The van der Waals surface area contributed by atoms with Gasteiger partial charge in [-0.2, -0.15) is 0 Å². The van der Waals surface area contributed by atoms with Crippen molar-refractivity contribution in [2.24, 2.45) is 0 Å². The molecule has 0 N–H and O–H groups in total. The minimum absolute atomic E-state index is 1.04. The summed E-state index contributed by atoms with van der Waals surface area (Å²) >= 11 is 3.64. The molecule has 0 unspecified atom stereocenters. The first-order chi connectivity index (χ1) is 16.7. The molecule has 4 aromatic carbocycles. The van der Waals surface area contributed by atoms with Gasteiger partial charge in [-0.1, -0.05) is 116 Å². The number of unbranched alkanes of at least 4 members (excludes halogenated alkanes) is 1. The van der Waals surface area contributed by atoms with Crippen molar-refractivity contribution in [1.29, 1.82) is 0 Å². The van der Waals surface area contributed by atoms with E-state index in [2.05, 4.69) is 116 Å². The predicted molar refractivity (Wildman–Crippen MR) is 153 cm³/mol. The topological polar surface area (TPSA) is 3.24 Å². The van der Waals surface area contributed by atoms with Crippen molar-refractivity contribution in [2.45, 2.75) is 36.5 Å². The van der Waals surface area contributed by atoms with Gasteiger partial charge >= 0.3 is 0 Å². The van der Waals surface area contributed by atoms with Crippen LogP contribution in [0.2, 0.25) is 0 Å². The third-order valence-corrected chi connectivity index (χ3v) is 8.53. The number of aryl methyl sites for hydroxylation is 1. The van der Waals surface area contributed by atoms with Gasteiger partial charge in [0.05, 0.1) is 10.7 Å². The Kier molecular flexibility index (Phi) is 6.85. The first-order valence-corrected chi connectivity index (χ1v) is 13.5. The Balaban J connectivity index is 1.39. The summed E-state index contributed by atoms with van der Waals surface area (Å²) in [7, 11) is 0. The molecule has 1 nitrogen and oxygen atoms in total. The van der Waals surface area contributed by atoms with Crippen molar-refractivity contribution in [3.8, 4) is 0 Å². The Morgan fingerprint density at radius 1 is 0.941 bits per heavy atom. The lowest BCUT2D eigenvalue weighted by molar-refractivity contribution is 0.779. The molecule has 0 saturated heterocycles. The van der Waals surface area contributed by atoms with Gasteiger partial charge in [-0.25, -0.2) is 0 Å². The number of rotatable bonds is 7. The van der Waals surface area contributed by atoms with Crippen LogP contribution in [0.15, 0.2) is 117 Å². The van der Waals surface area contributed by atoms with Gasteiger partial charge in [0.1, 0.15) is 0 Å². The zero-order valence-corrected chi connectivity index (χ0v) is 21.4. The van der Waals surface area contributed by atoms with E-state index in [4.69, 9.17) is 0 Å². The molecular formula is C31H29NS2. The average Bonchev–Trinajstić information content (AvgIpc) is 3.22. The lowest BCUT2D eigenvalue weighted by Crippen LogP contribution is -2.18. The molecule has 1 aliphatic heterocycles. The van der Waals surface area contributed by atoms with Crippen LogP contribution in [0, 0.1) is 6.92 Å². The number of benzene rings is 4. The summed E-state index contributed by atoms with van der Waals surface area (Å²) in [5, 5.41) is 6.49. The zero-order valence-electron chi connectivity index (χ0n) is 19.8. The van der Waals surface area contributed by atoms with Gasteiger partial charge in [0.15, 0.2) is 0 Å². The predicted octanol–water partition coefficient (Wildman–Crippen LogP) is 9.72. The number of hydrogen-bond acceptors (Lipinski definition) is 3. The van der Waals surface area contributed by atoms with Crippen LogP contribution in [-0.4, -0.2) is 6.54 Å². The van der Waals surface area contributed by atoms with Crippen LogP contribution in [0.1, 0.15) is 25.3 Å². The van der Waals surface area contributed by atoms with Crippen molar-refractivity contribution in [3.63, 3.8) is 0 Å². The van der Waals surface area contributed by atoms with Crippen LogP contribution in [0.5, 0.6) is 0 Å². The number of anilines is 1. The molecule has 1 aliphatic rings. The van der Waals surface area contributed by atoms with E-state index in [1.807, 2.05) is 11.8 Å². The monoisotopic (exact) mass is 479 g/mol. The third-order valence-electron chi connectivity index (χ3n) is 6.19. The Bertz CT molecular complexity index is 1430. The van der Waals surface area contributed by atoms with E-state index in [9.17, 15) is 0 Å². The molecule has 0 aliphatic carbocycles. The highest BCUT2D eigenvalue weighted by molar-refractivity contribution is 8.04. The Hall–Kier alpha value is -2.88. The highest BCUT2D eigenvalue weighted by atomic mass is 32.2. The quantitative estimate of drug-likeness (QED) is 0.192. The molecule has 1 heterocycles. The van der Waals surface area contributed by atoms with Crippen molar-refractivity contribution in [2.75, 3.05) is 11.4 Å². The Morgan fingerprint density at radius 2 is 1.65 bits per heavy atom. The molecule has 0 radical (unpaired) electrons. The summed E-state index contributed by atoms with van der Waals surface area (Å²) in [6, 6.07) is 26.2. The fraction of sp³-hybridized carbons (Fsp3) is 0.161. The molecule has 0 aromatic heterocycles. The van der Waals surface area contributed by atoms with Gasteiger partial charge in [0.25, 0.3) is 0 Å². The van der Waals surface area contributed by atoms with Gasteiger partial charge in [-0.15, -0.1) is 0 Å². The van der Waals surface area contributed by atoms with Gasteiger partial charge in [0.2, 0.25) is 0 Å². The second kappa shape index (κ2) is 10.2. The lowest BCUT2D eigenvalue weighted by Gasteiger charge is -2.20. The van der Waals surface area contributed by atoms with E-state index in [0.717, 1.165) is 11.4 Å². The van der Waals surface area contributed by atoms with E-state index >= 15 is 0 Å². The maximum atomic E-state index is 4.34. The van der Waals surface area contributed by atoms with Crippen molar-refractivity contribution in [3.05, 3.63) is 113 Å². The molecule has 4 aromatic rings. The second-order valence-corrected chi connectivity index (χ2v) is 10.8. The van der Waals surface area contributed by atoms with Crippen LogP contribution in [0.4, 0.5) is 5.69 Å². The molecule has 0 fully saturated rings. The minimum atomic E-state index is 1.04. The molecule has 0 saturated carbocycles. The van der Waals surface area contributed by atoms with E-state index in [1.165, 1.54) is 60.5 Å². The summed E-state index contributed by atoms with van der Waals surface area (Å²) in [4.78, 5) is 6.18. The average molecular weight is 480 g/mol. The van der Waals surface area contributed by atoms with Crippen LogP contribution in [-0.2, 0) is 0 Å². The Labute approximate surface area is 211 Å². The van der Waals surface area contributed by atoms with E-state index < -0.39 is 0 Å². The highest BCUT2D eigenvalue weighted by Gasteiger charge is 2.25. The van der Waals surface area contributed by atoms with Crippen molar-refractivity contribution < 1.29 is 0 Å². The fourth-order valence-corrected chi connectivity index (χ4v) is 6.56. The van der Waals surface area contributed by atoms with Crippen molar-refractivity contribution >= 4 is 50.8 Å². The summed E-state index contributed by atoms with van der Waals surface area (Å²) in [5.41, 5.74) is 2.62. The van der Waals surface area contributed by atoms with E-state index in [0.29, 0.717) is 0 Å². The third kappa shape index (κ3) is 4.55. The summed E-state index contributed by atoms with van der Waals surface area (Å²) < 4.78 is 0. The molecule has 0 amide bonds. The van der Waals surface area contributed by atoms with E-state index in [1.54, 1.807) is 11.8 Å². The second-order valence-electron chi connectivity index (χ2n) is 8.61. The van der Waals surface area contributed by atoms with Crippen molar-refractivity contribution in [1.82, 2.24) is 0 Å². The van der Waals surface area contributed by atoms with Crippen LogP contribution < -0.4 is 4.90 Å². The number of hydrogen-bond donors (Lipinski definition) is 0. The lowest BCUT2D eigenvalue weighted by atomic mass is 10.1. The molecule has 0 atom stereocenters. The number of thioether (sulfide) groups is 2. The maximum Gasteiger partial charge on any atom is 0.0801 e. The van der Waals surface area contributed by atoms with Crippen LogP contribution in [0.25, 0.3) is 21.5 Å². The molecular weight excluding hydrogens is 450 g/mol. The molecule has 0 bridgehead atoms. The fourth-order valence-electron chi connectivity index (χ4n) is 4.39. The molecule has 34 heavy (non-hydrogen) atoms. The minimum Gasteiger partial charge on any atom is -0.335 e. The Morgan fingerprint density at radius 3 is 2.44 bits per heavy atom. The number of allylic oxidation sites excluding steroid dienone is 3. The normalized spacial score (nSPS) is 14.5. The number of nitrogens with zero attached hydrogens (tertiary/aromatic N) is 1. The molecule has 0 spiro atoms. The maximum absolute atomic E-state index is 4.34.